The molecule has 6 heteroatoms. The van der Waals surface area contributed by atoms with Crippen LogP contribution in [0, 0.1) is 5.92 Å². The van der Waals surface area contributed by atoms with Crippen LogP contribution in [0.3, 0.4) is 0 Å². The average molecular weight is 333 g/mol. The van der Waals surface area contributed by atoms with Crippen LogP contribution in [0.4, 0.5) is 0 Å². The highest BCUT2D eigenvalue weighted by Crippen LogP contribution is 2.31. The van der Waals surface area contributed by atoms with Gasteiger partial charge in [0.2, 0.25) is 11.8 Å². The van der Waals surface area contributed by atoms with Gasteiger partial charge in [0, 0.05) is 24.9 Å². The van der Waals surface area contributed by atoms with Crippen LogP contribution in [0.1, 0.15) is 31.4 Å². The van der Waals surface area contributed by atoms with Crippen molar-refractivity contribution in [2.24, 2.45) is 5.92 Å². The SMILES string of the molecule is CN(Cc1ccccn1)C(=O)[C@H]1CSCN1C(=O)C1CCCC1. The zero-order chi connectivity index (χ0) is 16.2. The fourth-order valence-corrected chi connectivity index (χ4v) is 4.49. The van der Waals surface area contributed by atoms with Crippen LogP contribution in [-0.2, 0) is 16.1 Å². The van der Waals surface area contributed by atoms with Crippen LogP contribution in [0.5, 0.6) is 0 Å². The topological polar surface area (TPSA) is 53.5 Å². The maximum absolute atomic E-state index is 12.8. The van der Waals surface area contributed by atoms with Crippen LogP contribution >= 0.6 is 11.8 Å². The Balaban J connectivity index is 1.64. The van der Waals surface area contributed by atoms with Gasteiger partial charge in [0.05, 0.1) is 18.1 Å². The second-order valence-electron chi connectivity index (χ2n) is 6.32. The average Bonchev–Trinajstić information content (AvgIpc) is 3.26. The zero-order valence-corrected chi connectivity index (χ0v) is 14.3. The fourth-order valence-electron chi connectivity index (χ4n) is 3.34. The van der Waals surface area contributed by atoms with E-state index in [0.717, 1.165) is 31.4 Å². The quantitative estimate of drug-likeness (QED) is 0.847. The largest absolute Gasteiger partial charge is 0.338 e. The van der Waals surface area contributed by atoms with Crippen LogP contribution in [0.25, 0.3) is 0 Å². The smallest absolute Gasteiger partial charge is 0.246 e. The standard InChI is InChI=1S/C17H23N3O2S/c1-19(10-14-8-4-5-9-18-14)17(22)15-11-23-12-20(15)16(21)13-6-2-3-7-13/h4-5,8-9,13,15H,2-3,6-7,10-12H2,1H3/t15-/m1/s1. The second kappa shape index (κ2) is 7.34. The number of carbonyl (C=O) groups excluding carboxylic acids is 2. The van der Waals surface area contributed by atoms with E-state index in [1.54, 1.807) is 34.8 Å². The lowest BCUT2D eigenvalue weighted by atomic mass is 10.1. The summed E-state index contributed by atoms with van der Waals surface area (Å²) in [7, 11) is 1.79. The van der Waals surface area contributed by atoms with E-state index in [4.69, 9.17) is 0 Å². The summed E-state index contributed by atoms with van der Waals surface area (Å²) < 4.78 is 0. The molecule has 124 valence electrons. The van der Waals surface area contributed by atoms with Crippen molar-refractivity contribution in [2.75, 3.05) is 18.7 Å². The van der Waals surface area contributed by atoms with Gasteiger partial charge in [0.1, 0.15) is 6.04 Å². The number of carbonyl (C=O) groups is 2. The van der Waals surface area contributed by atoms with Crippen LogP contribution in [-0.4, -0.2) is 51.3 Å². The Morgan fingerprint density at radius 1 is 1.35 bits per heavy atom. The lowest BCUT2D eigenvalue weighted by Crippen LogP contribution is -2.49. The number of amides is 2. The Labute approximate surface area is 141 Å². The fraction of sp³-hybridized carbons (Fsp3) is 0.588. The van der Waals surface area contributed by atoms with E-state index < -0.39 is 0 Å². The third-order valence-corrected chi connectivity index (χ3v) is 5.67. The minimum absolute atomic E-state index is 0.0204. The summed E-state index contributed by atoms with van der Waals surface area (Å²) in [5.41, 5.74) is 0.864. The highest BCUT2D eigenvalue weighted by molar-refractivity contribution is 7.99. The van der Waals surface area contributed by atoms with Crippen LogP contribution in [0.15, 0.2) is 24.4 Å². The van der Waals surface area contributed by atoms with Gasteiger partial charge >= 0.3 is 0 Å². The number of thioether (sulfide) groups is 1. The van der Waals surface area contributed by atoms with E-state index in [-0.39, 0.29) is 23.8 Å². The summed E-state index contributed by atoms with van der Waals surface area (Å²) in [6.07, 6.45) is 5.95. The number of likely N-dealkylation sites (N-methyl/N-ethyl adjacent to an activating group) is 1. The normalized spacial score (nSPS) is 21.6. The maximum atomic E-state index is 12.8. The Kier molecular flexibility index (Phi) is 5.20. The molecule has 2 fully saturated rings. The first-order chi connectivity index (χ1) is 11.2. The molecule has 2 aliphatic rings. The number of hydrogen-bond donors (Lipinski definition) is 0. The molecule has 0 N–H and O–H groups in total. The van der Waals surface area contributed by atoms with Crippen molar-refractivity contribution in [3.63, 3.8) is 0 Å². The summed E-state index contributed by atoms with van der Waals surface area (Å²) in [5, 5.41) is 0. The molecule has 0 unspecified atom stereocenters. The first-order valence-electron chi connectivity index (χ1n) is 8.20. The molecule has 0 radical (unpaired) electrons. The molecule has 0 aromatic carbocycles. The minimum Gasteiger partial charge on any atom is -0.338 e. The number of hydrogen-bond acceptors (Lipinski definition) is 4. The molecule has 2 heterocycles. The molecule has 0 bridgehead atoms. The molecule has 1 aliphatic heterocycles. The van der Waals surface area contributed by atoms with Crippen LogP contribution in [0.2, 0.25) is 0 Å². The van der Waals surface area contributed by atoms with Gasteiger partial charge in [0.15, 0.2) is 0 Å². The number of pyridine rings is 1. The first kappa shape index (κ1) is 16.3. The summed E-state index contributed by atoms with van der Waals surface area (Å²) in [6, 6.07) is 5.37. The molecule has 1 aliphatic carbocycles. The summed E-state index contributed by atoms with van der Waals surface area (Å²) >= 11 is 1.67. The van der Waals surface area contributed by atoms with Crippen LogP contribution < -0.4 is 0 Å². The van der Waals surface area contributed by atoms with Crippen molar-refractivity contribution in [3.05, 3.63) is 30.1 Å². The lowest BCUT2D eigenvalue weighted by Gasteiger charge is -2.29. The molecular formula is C17H23N3O2S. The molecule has 1 saturated carbocycles. The van der Waals surface area contributed by atoms with Gasteiger partial charge in [-0.3, -0.25) is 14.6 Å². The van der Waals surface area contributed by atoms with E-state index >= 15 is 0 Å². The molecule has 2 amide bonds. The molecule has 3 rings (SSSR count). The van der Waals surface area contributed by atoms with Gasteiger partial charge in [0.25, 0.3) is 0 Å². The van der Waals surface area contributed by atoms with Gasteiger partial charge in [-0.15, -0.1) is 11.8 Å². The second-order valence-corrected chi connectivity index (χ2v) is 7.32. The molecule has 5 nitrogen and oxygen atoms in total. The summed E-state index contributed by atoms with van der Waals surface area (Å²) in [5.74, 6) is 1.67. The number of aromatic nitrogens is 1. The van der Waals surface area contributed by atoms with E-state index in [2.05, 4.69) is 4.98 Å². The zero-order valence-electron chi connectivity index (χ0n) is 13.5. The molecule has 1 aromatic heterocycles. The van der Waals surface area contributed by atoms with E-state index in [1.807, 2.05) is 18.2 Å². The Hall–Kier alpha value is -1.56. The monoisotopic (exact) mass is 333 g/mol. The molecule has 1 atom stereocenters. The first-order valence-corrected chi connectivity index (χ1v) is 9.35. The predicted molar refractivity (Wildman–Crippen MR) is 90.6 cm³/mol. The van der Waals surface area contributed by atoms with Crippen molar-refractivity contribution < 1.29 is 9.59 Å². The maximum Gasteiger partial charge on any atom is 0.246 e. The van der Waals surface area contributed by atoms with E-state index in [0.29, 0.717) is 18.2 Å². The molecule has 1 aromatic rings. The Bertz CT molecular complexity index is 560. The van der Waals surface area contributed by atoms with Crippen molar-refractivity contribution in [1.29, 1.82) is 0 Å². The van der Waals surface area contributed by atoms with Crippen molar-refractivity contribution in [2.45, 2.75) is 38.3 Å². The third-order valence-electron chi connectivity index (χ3n) is 4.66. The van der Waals surface area contributed by atoms with Crippen molar-refractivity contribution >= 4 is 23.6 Å². The molecule has 1 saturated heterocycles. The molecular weight excluding hydrogens is 310 g/mol. The van der Waals surface area contributed by atoms with Gasteiger partial charge < -0.3 is 9.80 Å². The highest BCUT2D eigenvalue weighted by atomic mass is 32.2. The summed E-state index contributed by atoms with van der Waals surface area (Å²) in [4.78, 5) is 33.2. The van der Waals surface area contributed by atoms with Crippen molar-refractivity contribution in [1.82, 2.24) is 14.8 Å². The molecule has 0 spiro atoms. The van der Waals surface area contributed by atoms with Gasteiger partial charge in [-0.05, 0) is 25.0 Å². The Morgan fingerprint density at radius 3 is 2.83 bits per heavy atom. The predicted octanol–water partition coefficient (Wildman–Crippen LogP) is 2.13. The summed E-state index contributed by atoms with van der Waals surface area (Å²) in [6.45, 7) is 0.478. The van der Waals surface area contributed by atoms with Gasteiger partial charge in [-0.2, -0.15) is 0 Å². The van der Waals surface area contributed by atoms with Gasteiger partial charge in [-0.25, -0.2) is 0 Å². The minimum atomic E-state index is -0.318. The lowest BCUT2D eigenvalue weighted by molar-refractivity contribution is -0.145. The van der Waals surface area contributed by atoms with E-state index in [9.17, 15) is 9.59 Å². The number of rotatable bonds is 4. The molecule has 23 heavy (non-hydrogen) atoms. The van der Waals surface area contributed by atoms with Gasteiger partial charge in [-0.1, -0.05) is 18.9 Å². The van der Waals surface area contributed by atoms with Crippen molar-refractivity contribution in [3.8, 4) is 0 Å². The van der Waals surface area contributed by atoms with E-state index in [1.165, 1.54) is 0 Å². The highest BCUT2D eigenvalue weighted by Gasteiger charge is 2.39. The number of nitrogens with zero attached hydrogens (tertiary/aromatic N) is 3. The third kappa shape index (κ3) is 3.68. The Morgan fingerprint density at radius 2 is 2.13 bits per heavy atom.